The van der Waals surface area contributed by atoms with Crippen LogP contribution < -0.4 is 5.32 Å². The van der Waals surface area contributed by atoms with Gasteiger partial charge in [0.25, 0.3) is 0 Å². The number of aliphatic carboxylic acids is 1. The fourth-order valence-electron chi connectivity index (χ4n) is 1.64. The largest absolute Gasteiger partial charge is 0.481 e. The molecule has 102 valence electrons. The molecular formula is C13H18N4O2. The van der Waals surface area contributed by atoms with Crippen molar-refractivity contribution in [1.29, 1.82) is 5.26 Å². The maximum atomic E-state index is 10.6. The summed E-state index contributed by atoms with van der Waals surface area (Å²) in [4.78, 5) is 10.6. The van der Waals surface area contributed by atoms with Crippen LogP contribution in [0.25, 0.3) is 0 Å². The molecule has 0 radical (unpaired) electrons. The third kappa shape index (κ3) is 5.34. The van der Waals surface area contributed by atoms with Crippen LogP contribution in [0, 0.1) is 16.7 Å². The van der Waals surface area contributed by atoms with Gasteiger partial charge < -0.3 is 10.4 Å². The lowest BCUT2D eigenvalue weighted by Gasteiger charge is -2.23. The van der Waals surface area contributed by atoms with Gasteiger partial charge in [-0.05, 0) is 24.3 Å². The molecule has 6 heteroatoms. The molecule has 0 unspecified atom stereocenters. The molecule has 0 spiro atoms. The third-order valence-electron chi connectivity index (χ3n) is 2.95. The second kappa shape index (κ2) is 6.69. The van der Waals surface area contributed by atoms with Gasteiger partial charge in [-0.25, -0.2) is 0 Å². The Labute approximate surface area is 112 Å². The molecule has 0 saturated heterocycles. The second-order valence-corrected chi connectivity index (χ2v) is 5.14. The fourth-order valence-corrected chi connectivity index (χ4v) is 1.64. The topological polar surface area (TPSA) is 98.9 Å². The van der Waals surface area contributed by atoms with E-state index in [2.05, 4.69) is 15.5 Å². The highest BCUT2D eigenvalue weighted by atomic mass is 16.4. The predicted octanol–water partition coefficient (Wildman–Crippen LogP) is 2.04. The highest BCUT2D eigenvalue weighted by molar-refractivity contribution is 5.66. The summed E-state index contributed by atoms with van der Waals surface area (Å²) < 4.78 is 0. The first-order valence-electron chi connectivity index (χ1n) is 6.12. The van der Waals surface area contributed by atoms with E-state index >= 15 is 0 Å². The Bertz CT molecular complexity index is 480. The van der Waals surface area contributed by atoms with E-state index in [-0.39, 0.29) is 11.8 Å². The molecule has 0 aliphatic rings. The lowest BCUT2D eigenvalue weighted by Crippen LogP contribution is -2.19. The normalized spacial score (nSPS) is 10.8. The highest BCUT2D eigenvalue weighted by Crippen LogP contribution is 2.26. The van der Waals surface area contributed by atoms with E-state index in [1.807, 2.05) is 19.9 Å². The molecule has 1 aromatic rings. The molecule has 1 heterocycles. The minimum atomic E-state index is -0.776. The molecule has 0 aliphatic heterocycles. The molecule has 19 heavy (non-hydrogen) atoms. The summed E-state index contributed by atoms with van der Waals surface area (Å²) >= 11 is 0. The van der Waals surface area contributed by atoms with Gasteiger partial charge in [0.1, 0.15) is 6.07 Å². The minimum absolute atomic E-state index is 0.0690. The van der Waals surface area contributed by atoms with E-state index in [4.69, 9.17) is 10.4 Å². The average Bonchev–Trinajstić information content (AvgIpc) is 2.37. The standard InChI is InChI=1S/C13H18N4O2/c1-13(2,5-3-11(18)19)6-8-15-12-10(9-14)4-7-16-17-12/h4,7H,3,5-6,8H2,1-2H3,(H,15,17)(H,18,19). The molecular weight excluding hydrogens is 244 g/mol. The van der Waals surface area contributed by atoms with Gasteiger partial charge in [-0.1, -0.05) is 13.8 Å². The van der Waals surface area contributed by atoms with Crippen molar-refractivity contribution >= 4 is 11.8 Å². The lowest BCUT2D eigenvalue weighted by atomic mass is 9.84. The van der Waals surface area contributed by atoms with Gasteiger partial charge in [0.2, 0.25) is 0 Å². The monoisotopic (exact) mass is 262 g/mol. The summed E-state index contributed by atoms with van der Waals surface area (Å²) in [5.41, 5.74) is 0.388. The number of carbonyl (C=O) groups is 1. The van der Waals surface area contributed by atoms with Crippen molar-refractivity contribution in [3.63, 3.8) is 0 Å². The number of carboxylic acid groups (broad SMARTS) is 1. The Morgan fingerprint density at radius 1 is 1.53 bits per heavy atom. The first-order valence-corrected chi connectivity index (χ1v) is 6.12. The Morgan fingerprint density at radius 3 is 2.89 bits per heavy atom. The van der Waals surface area contributed by atoms with E-state index in [1.165, 1.54) is 6.20 Å². The van der Waals surface area contributed by atoms with Crippen LogP contribution in [0.4, 0.5) is 5.82 Å². The zero-order chi connectivity index (χ0) is 14.3. The Kier molecular flexibility index (Phi) is 5.24. The van der Waals surface area contributed by atoms with Crippen LogP contribution in [0.2, 0.25) is 0 Å². The maximum Gasteiger partial charge on any atom is 0.303 e. The van der Waals surface area contributed by atoms with Crippen molar-refractivity contribution < 1.29 is 9.90 Å². The fraction of sp³-hybridized carbons (Fsp3) is 0.538. The zero-order valence-electron chi connectivity index (χ0n) is 11.2. The zero-order valence-corrected chi connectivity index (χ0v) is 11.2. The molecule has 0 bridgehead atoms. The molecule has 1 rings (SSSR count). The molecule has 6 nitrogen and oxygen atoms in total. The van der Waals surface area contributed by atoms with Crippen molar-refractivity contribution in [2.45, 2.75) is 33.1 Å². The van der Waals surface area contributed by atoms with Crippen LogP contribution in [-0.2, 0) is 4.79 Å². The summed E-state index contributed by atoms with van der Waals surface area (Å²) in [6.07, 6.45) is 3.05. The average molecular weight is 262 g/mol. The number of nitriles is 1. The predicted molar refractivity (Wildman–Crippen MR) is 70.5 cm³/mol. The number of hydrogen-bond donors (Lipinski definition) is 2. The summed E-state index contributed by atoms with van der Waals surface area (Å²) in [7, 11) is 0. The number of nitrogens with zero attached hydrogens (tertiary/aromatic N) is 3. The SMILES string of the molecule is CC(C)(CCNc1nnccc1C#N)CCC(=O)O. The molecule has 1 aromatic heterocycles. The molecule has 0 atom stereocenters. The van der Waals surface area contributed by atoms with Gasteiger partial charge in [0.15, 0.2) is 5.82 Å². The van der Waals surface area contributed by atoms with Gasteiger partial charge in [0.05, 0.1) is 11.8 Å². The Balaban J connectivity index is 2.45. The van der Waals surface area contributed by atoms with Crippen molar-refractivity contribution in [2.24, 2.45) is 5.41 Å². The molecule has 0 fully saturated rings. The van der Waals surface area contributed by atoms with Crippen molar-refractivity contribution in [2.75, 3.05) is 11.9 Å². The van der Waals surface area contributed by atoms with Gasteiger partial charge in [-0.2, -0.15) is 10.4 Å². The summed E-state index contributed by atoms with van der Waals surface area (Å²) in [6, 6.07) is 3.64. The van der Waals surface area contributed by atoms with E-state index in [1.54, 1.807) is 6.07 Å². The van der Waals surface area contributed by atoms with Crippen molar-refractivity contribution in [3.05, 3.63) is 17.8 Å². The Morgan fingerprint density at radius 2 is 2.26 bits per heavy atom. The van der Waals surface area contributed by atoms with Crippen LogP contribution in [0.15, 0.2) is 12.3 Å². The van der Waals surface area contributed by atoms with Crippen molar-refractivity contribution in [1.82, 2.24) is 10.2 Å². The van der Waals surface area contributed by atoms with Gasteiger partial charge in [-0.3, -0.25) is 4.79 Å². The number of nitrogens with one attached hydrogen (secondary N) is 1. The molecule has 0 saturated carbocycles. The maximum absolute atomic E-state index is 10.6. The third-order valence-corrected chi connectivity index (χ3v) is 2.95. The number of anilines is 1. The van der Waals surface area contributed by atoms with E-state index in [0.29, 0.717) is 24.3 Å². The van der Waals surface area contributed by atoms with Crippen LogP contribution in [0.1, 0.15) is 38.7 Å². The smallest absolute Gasteiger partial charge is 0.303 e. The van der Waals surface area contributed by atoms with E-state index in [0.717, 1.165) is 6.42 Å². The number of rotatable bonds is 7. The van der Waals surface area contributed by atoms with Crippen molar-refractivity contribution in [3.8, 4) is 6.07 Å². The van der Waals surface area contributed by atoms with Crippen LogP contribution >= 0.6 is 0 Å². The first kappa shape index (κ1) is 14.9. The quantitative estimate of drug-likeness (QED) is 0.780. The minimum Gasteiger partial charge on any atom is -0.481 e. The van der Waals surface area contributed by atoms with Gasteiger partial charge in [-0.15, -0.1) is 5.10 Å². The molecule has 0 aromatic carbocycles. The van der Waals surface area contributed by atoms with E-state index < -0.39 is 5.97 Å². The molecule has 2 N–H and O–H groups in total. The summed E-state index contributed by atoms with van der Waals surface area (Å²) in [6.45, 7) is 4.68. The van der Waals surface area contributed by atoms with Crippen LogP contribution in [-0.4, -0.2) is 27.8 Å². The number of carboxylic acids is 1. The van der Waals surface area contributed by atoms with Gasteiger partial charge >= 0.3 is 5.97 Å². The molecule has 0 amide bonds. The number of aromatic nitrogens is 2. The Hall–Kier alpha value is -2.16. The van der Waals surface area contributed by atoms with E-state index in [9.17, 15) is 4.79 Å². The van der Waals surface area contributed by atoms with Gasteiger partial charge in [0, 0.05) is 13.0 Å². The highest BCUT2D eigenvalue weighted by Gasteiger charge is 2.19. The van der Waals surface area contributed by atoms with Crippen LogP contribution in [0.3, 0.4) is 0 Å². The first-order chi connectivity index (χ1) is 8.94. The lowest BCUT2D eigenvalue weighted by molar-refractivity contribution is -0.137. The van der Waals surface area contributed by atoms with Crippen LogP contribution in [0.5, 0.6) is 0 Å². The number of hydrogen-bond acceptors (Lipinski definition) is 5. The summed E-state index contributed by atoms with van der Waals surface area (Å²) in [5.74, 6) is -0.305. The summed E-state index contributed by atoms with van der Waals surface area (Å²) in [5, 5.41) is 28.2. The molecule has 0 aliphatic carbocycles. The second-order valence-electron chi connectivity index (χ2n) is 5.14.